The Morgan fingerprint density at radius 2 is 1.84 bits per heavy atom. The highest BCUT2D eigenvalue weighted by Gasteiger charge is 2.35. The van der Waals surface area contributed by atoms with Crippen LogP contribution in [0.2, 0.25) is 0 Å². The Morgan fingerprint density at radius 1 is 1.16 bits per heavy atom. The Hall–Kier alpha value is -1.10. The van der Waals surface area contributed by atoms with E-state index in [4.69, 9.17) is 0 Å². The van der Waals surface area contributed by atoms with Crippen LogP contribution < -0.4 is 5.32 Å². The summed E-state index contributed by atoms with van der Waals surface area (Å²) in [7, 11) is 0. The molecule has 19 heavy (non-hydrogen) atoms. The topological polar surface area (TPSA) is 69.6 Å². The predicted molar refractivity (Wildman–Crippen MR) is 71.8 cm³/mol. The number of hydrogen-bond donors (Lipinski definition) is 2. The van der Waals surface area contributed by atoms with E-state index < -0.39 is 5.97 Å². The standard InChI is InChI=1S/C14H24N2O3/c1-10(17)15-12-7-11(14(18)19)8-16(9-12)13-5-3-2-4-6-13/h11-13H,2-9H2,1H3,(H,15,17)(H,18,19). The molecule has 1 aliphatic carbocycles. The number of aliphatic carboxylic acids is 1. The van der Waals surface area contributed by atoms with E-state index in [9.17, 15) is 14.7 Å². The Kier molecular flexibility index (Phi) is 4.80. The molecule has 2 atom stereocenters. The Balaban J connectivity index is 2.00. The van der Waals surface area contributed by atoms with Crippen LogP contribution >= 0.6 is 0 Å². The number of nitrogens with one attached hydrogen (secondary N) is 1. The fraction of sp³-hybridized carbons (Fsp3) is 0.857. The molecule has 108 valence electrons. The van der Waals surface area contributed by atoms with Gasteiger partial charge in [-0.2, -0.15) is 0 Å². The highest BCUT2D eigenvalue weighted by Crippen LogP contribution is 2.27. The van der Waals surface area contributed by atoms with Gasteiger partial charge in [-0.3, -0.25) is 14.5 Å². The molecule has 0 aromatic heterocycles. The summed E-state index contributed by atoms with van der Waals surface area (Å²) in [5.74, 6) is -1.16. The fourth-order valence-electron chi connectivity index (χ4n) is 3.45. The maximum atomic E-state index is 11.3. The molecule has 0 radical (unpaired) electrons. The van der Waals surface area contributed by atoms with E-state index in [0.29, 0.717) is 19.0 Å². The molecule has 0 aromatic carbocycles. The van der Waals surface area contributed by atoms with Gasteiger partial charge in [0.15, 0.2) is 0 Å². The van der Waals surface area contributed by atoms with Crippen molar-refractivity contribution in [3.05, 3.63) is 0 Å². The summed E-state index contributed by atoms with van der Waals surface area (Å²) in [6.45, 7) is 2.93. The SMILES string of the molecule is CC(=O)NC1CC(C(=O)O)CN(C2CCCCC2)C1. The van der Waals surface area contributed by atoms with Crippen LogP contribution in [0, 0.1) is 5.92 Å². The summed E-state index contributed by atoms with van der Waals surface area (Å²) in [6, 6.07) is 0.487. The first-order chi connectivity index (χ1) is 9.06. The highest BCUT2D eigenvalue weighted by atomic mass is 16.4. The zero-order valence-corrected chi connectivity index (χ0v) is 11.6. The van der Waals surface area contributed by atoms with Gasteiger partial charge in [0.25, 0.3) is 0 Å². The van der Waals surface area contributed by atoms with E-state index in [1.54, 1.807) is 0 Å². The van der Waals surface area contributed by atoms with Gasteiger partial charge in [0, 0.05) is 32.1 Å². The Labute approximate surface area is 114 Å². The molecule has 5 heteroatoms. The van der Waals surface area contributed by atoms with Crippen LogP contribution in [-0.2, 0) is 9.59 Å². The lowest BCUT2D eigenvalue weighted by Crippen LogP contribution is -2.55. The number of rotatable bonds is 3. The first kappa shape index (κ1) is 14.3. The summed E-state index contributed by atoms with van der Waals surface area (Å²) in [5, 5.41) is 12.2. The average Bonchev–Trinajstić information content (AvgIpc) is 2.38. The molecule has 2 aliphatic rings. The van der Waals surface area contributed by atoms with E-state index in [1.165, 1.54) is 39.0 Å². The first-order valence-electron chi connectivity index (χ1n) is 7.30. The number of piperidine rings is 1. The number of hydrogen-bond acceptors (Lipinski definition) is 3. The Morgan fingerprint density at radius 3 is 2.42 bits per heavy atom. The van der Waals surface area contributed by atoms with Gasteiger partial charge in [-0.25, -0.2) is 0 Å². The van der Waals surface area contributed by atoms with Gasteiger partial charge >= 0.3 is 5.97 Å². The van der Waals surface area contributed by atoms with Crippen molar-refractivity contribution in [2.24, 2.45) is 5.92 Å². The van der Waals surface area contributed by atoms with E-state index in [0.717, 1.165) is 6.54 Å². The molecular formula is C14H24N2O3. The maximum absolute atomic E-state index is 11.3. The quantitative estimate of drug-likeness (QED) is 0.807. The third kappa shape index (κ3) is 3.93. The molecule has 1 amide bonds. The summed E-state index contributed by atoms with van der Waals surface area (Å²) in [5.41, 5.74) is 0. The van der Waals surface area contributed by atoms with Gasteiger partial charge in [-0.05, 0) is 19.3 Å². The molecule has 0 aromatic rings. The highest BCUT2D eigenvalue weighted by molar-refractivity contribution is 5.74. The van der Waals surface area contributed by atoms with Crippen LogP contribution in [0.4, 0.5) is 0 Å². The summed E-state index contributed by atoms with van der Waals surface area (Å²) >= 11 is 0. The number of carboxylic acid groups (broad SMARTS) is 1. The molecule has 2 fully saturated rings. The molecule has 5 nitrogen and oxygen atoms in total. The van der Waals surface area contributed by atoms with E-state index >= 15 is 0 Å². The van der Waals surface area contributed by atoms with E-state index in [1.807, 2.05) is 0 Å². The van der Waals surface area contributed by atoms with Crippen molar-refractivity contribution >= 4 is 11.9 Å². The second kappa shape index (κ2) is 6.37. The van der Waals surface area contributed by atoms with E-state index in [2.05, 4.69) is 10.2 Å². The first-order valence-corrected chi connectivity index (χ1v) is 7.30. The van der Waals surface area contributed by atoms with Crippen molar-refractivity contribution in [2.45, 2.75) is 57.5 Å². The van der Waals surface area contributed by atoms with Crippen molar-refractivity contribution in [3.8, 4) is 0 Å². The zero-order chi connectivity index (χ0) is 13.8. The minimum absolute atomic E-state index is 0.0192. The normalized spacial score (nSPS) is 29.9. The minimum Gasteiger partial charge on any atom is -0.481 e. The van der Waals surface area contributed by atoms with Crippen molar-refractivity contribution < 1.29 is 14.7 Å². The lowest BCUT2D eigenvalue weighted by atomic mass is 9.88. The zero-order valence-electron chi connectivity index (χ0n) is 11.6. The molecule has 0 spiro atoms. The number of carbonyl (C=O) groups excluding carboxylic acids is 1. The molecular weight excluding hydrogens is 244 g/mol. The van der Waals surface area contributed by atoms with Crippen LogP contribution in [0.5, 0.6) is 0 Å². The number of nitrogens with zero attached hydrogens (tertiary/aromatic N) is 1. The lowest BCUT2D eigenvalue weighted by molar-refractivity contribution is -0.145. The number of carbonyl (C=O) groups is 2. The van der Waals surface area contributed by atoms with Crippen LogP contribution in [0.15, 0.2) is 0 Å². The fourth-order valence-corrected chi connectivity index (χ4v) is 3.45. The van der Waals surface area contributed by atoms with Crippen molar-refractivity contribution in [2.75, 3.05) is 13.1 Å². The van der Waals surface area contributed by atoms with Gasteiger partial charge in [0.2, 0.25) is 5.91 Å². The molecule has 2 unspecified atom stereocenters. The largest absolute Gasteiger partial charge is 0.481 e. The van der Waals surface area contributed by atoms with Crippen LogP contribution in [0.3, 0.4) is 0 Å². The monoisotopic (exact) mass is 268 g/mol. The minimum atomic E-state index is -0.740. The van der Waals surface area contributed by atoms with Crippen molar-refractivity contribution in [3.63, 3.8) is 0 Å². The molecule has 2 N–H and O–H groups in total. The third-order valence-electron chi connectivity index (χ3n) is 4.33. The molecule has 1 saturated heterocycles. The molecule has 1 aliphatic heterocycles. The molecule has 1 saturated carbocycles. The van der Waals surface area contributed by atoms with Gasteiger partial charge in [-0.15, -0.1) is 0 Å². The second-order valence-corrected chi connectivity index (χ2v) is 5.91. The van der Waals surface area contributed by atoms with Gasteiger partial charge < -0.3 is 10.4 Å². The van der Waals surface area contributed by atoms with Gasteiger partial charge in [0.05, 0.1) is 5.92 Å². The van der Waals surface area contributed by atoms with Crippen molar-refractivity contribution in [1.29, 1.82) is 0 Å². The maximum Gasteiger partial charge on any atom is 0.307 e. The van der Waals surface area contributed by atoms with Crippen LogP contribution in [0.25, 0.3) is 0 Å². The lowest BCUT2D eigenvalue weighted by Gasteiger charge is -2.42. The summed E-state index contributed by atoms with van der Waals surface area (Å²) < 4.78 is 0. The van der Waals surface area contributed by atoms with Gasteiger partial charge in [0.1, 0.15) is 0 Å². The second-order valence-electron chi connectivity index (χ2n) is 5.91. The molecule has 1 heterocycles. The smallest absolute Gasteiger partial charge is 0.307 e. The van der Waals surface area contributed by atoms with Crippen LogP contribution in [-0.4, -0.2) is 47.1 Å². The van der Waals surface area contributed by atoms with E-state index in [-0.39, 0.29) is 17.9 Å². The molecule has 2 rings (SSSR count). The number of amides is 1. The predicted octanol–water partition coefficient (Wildman–Crippen LogP) is 1.23. The summed E-state index contributed by atoms with van der Waals surface area (Å²) in [4.78, 5) is 24.8. The Bertz CT molecular complexity index is 340. The third-order valence-corrected chi connectivity index (χ3v) is 4.33. The average molecular weight is 268 g/mol. The summed E-state index contributed by atoms with van der Waals surface area (Å²) in [6.07, 6.45) is 6.66. The van der Waals surface area contributed by atoms with Gasteiger partial charge in [-0.1, -0.05) is 19.3 Å². The number of likely N-dealkylation sites (tertiary alicyclic amines) is 1. The van der Waals surface area contributed by atoms with Crippen LogP contribution in [0.1, 0.15) is 45.4 Å². The van der Waals surface area contributed by atoms with Crippen molar-refractivity contribution in [1.82, 2.24) is 10.2 Å². The number of carboxylic acids is 1. The molecule has 0 bridgehead atoms.